The Morgan fingerprint density at radius 2 is 1.80 bits per heavy atom. The highest BCUT2D eigenvalue weighted by atomic mass is 19.4. The number of nitrogens with two attached hydrogens (primary N) is 1. The fourth-order valence-corrected chi connectivity index (χ4v) is 1.71. The summed E-state index contributed by atoms with van der Waals surface area (Å²) in [6.07, 6.45) is -4.57. The average molecular weight is 283 g/mol. The van der Waals surface area contributed by atoms with E-state index in [4.69, 9.17) is 5.73 Å². The van der Waals surface area contributed by atoms with Crippen LogP contribution in [0.3, 0.4) is 0 Å². The van der Waals surface area contributed by atoms with Gasteiger partial charge in [-0.3, -0.25) is 0 Å². The largest absolute Gasteiger partial charge is 0.417 e. The number of nitrogens with zero attached hydrogens (tertiary/aromatic N) is 2. The molecule has 0 radical (unpaired) electrons. The van der Waals surface area contributed by atoms with Crippen LogP contribution in [0.2, 0.25) is 0 Å². The summed E-state index contributed by atoms with van der Waals surface area (Å²) in [5.41, 5.74) is 3.86. The van der Waals surface area contributed by atoms with E-state index < -0.39 is 22.5 Å². The zero-order valence-corrected chi connectivity index (χ0v) is 9.89. The quantitative estimate of drug-likeness (QED) is 0.677. The van der Waals surface area contributed by atoms with Crippen LogP contribution in [-0.4, -0.2) is 9.91 Å². The Bertz CT molecular complexity index is 671. The van der Waals surface area contributed by atoms with Crippen LogP contribution in [0.1, 0.15) is 5.56 Å². The molecule has 1 heterocycles. The van der Waals surface area contributed by atoms with Crippen molar-refractivity contribution in [3.8, 4) is 11.3 Å². The Balaban J connectivity index is 2.64. The van der Waals surface area contributed by atoms with Crippen LogP contribution in [0.5, 0.6) is 0 Å². The molecule has 2 aromatic rings. The van der Waals surface area contributed by atoms with Crippen molar-refractivity contribution in [2.75, 3.05) is 5.73 Å². The van der Waals surface area contributed by atoms with Crippen LogP contribution < -0.4 is 5.73 Å². The third kappa shape index (κ3) is 2.53. The fourth-order valence-electron chi connectivity index (χ4n) is 1.71. The van der Waals surface area contributed by atoms with Crippen molar-refractivity contribution < 1.29 is 18.1 Å². The number of benzene rings is 1. The van der Waals surface area contributed by atoms with Crippen LogP contribution in [0.15, 0.2) is 36.4 Å². The molecule has 0 spiro atoms. The van der Waals surface area contributed by atoms with Crippen LogP contribution in [-0.2, 0) is 6.18 Å². The molecule has 0 bridgehead atoms. The number of pyridine rings is 1. The first-order valence-electron chi connectivity index (χ1n) is 5.38. The lowest BCUT2D eigenvalue weighted by Gasteiger charge is -2.10. The Hall–Kier alpha value is -2.64. The van der Waals surface area contributed by atoms with Gasteiger partial charge in [0.1, 0.15) is 5.69 Å². The zero-order chi connectivity index (χ0) is 14.9. The molecule has 0 amide bonds. The summed E-state index contributed by atoms with van der Waals surface area (Å²) in [5, 5.41) is 10.7. The predicted octanol–water partition coefficient (Wildman–Crippen LogP) is 3.26. The van der Waals surface area contributed by atoms with E-state index in [0.717, 1.165) is 12.1 Å². The molecule has 0 aliphatic carbocycles. The summed E-state index contributed by atoms with van der Waals surface area (Å²) < 4.78 is 38.7. The standard InChI is InChI=1S/C12H8F3N3O2/c13-12(14,15)8-4-2-1-3-7(8)10-6-5-9(16)11(17-10)18(19)20/h1-6H,16H2. The smallest absolute Gasteiger partial charge is 0.392 e. The molecule has 2 rings (SSSR count). The van der Waals surface area contributed by atoms with Gasteiger partial charge in [-0.15, -0.1) is 0 Å². The summed E-state index contributed by atoms with van der Waals surface area (Å²) in [6, 6.07) is 7.09. The molecule has 0 saturated carbocycles. The lowest BCUT2D eigenvalue weighted by molar-refractivity contribution is -0.388. The summed E-state index contributed by atoms with van der Waals surface area (Å²) in [7, 11) is 0. The van der Waals surface area contributed by atoms with E-state index in [2.05, 4.69) is 4.98 Å². The average Bonchev–Trinajstić information content (AvgIpc) is 2.38. The van der Waals surface area contributed by atoms with E-state index in [1.807, 2.05) is 0 Å². The maximum Gasteiger partial charge on any atom is 0.417 e. The third-order valence-corrected chi connectivity index (χ3v) is 2.59. The topological polar surface area (TPSA) is 82.0 Å². The molecule has 0 saturated heterocycles. The van der Waals surface area contributed by atoms with Crippen LogP contribution in [0.25, 0.3) is 11.3 Å². The van der Waals surface area contributed by atoms with Gasteiger partial charge in [-0.1, -0.05) is 12.1 Å². The van der Waals surface area contributed by atoms with Gasteiger partial charge in [0, 0.05) is 5.56 Å². The van der Waals surface area contributed by atoms with Crippen molar-refractivity contribution in [1.82, 2.24) is 4.98 Å². The molecule has 0 fully saturated rings. The lowest BCUT2D eigenvalue weighted by atomic mass is 10.0. The number of anilines is 1. The van der Waals surface area contributed by atoms with Gasteiger partial charge in [-0.2, -0.15) is 13.2 Å². The lowest BCUT2D eigenvalue weighted by Crippen LogP contribution is -2.08. The first kappa shape index (κ1) is 13.8. The Labute approximate surface area is 111 Å². The minimum atomic E-state index is -4.57. The summed E-state index contributed by atoms with van der Waals surface area (Å²) in [4.78, 5) is 13.5. The SMILES string of the molecule is Nc1ccc(-c2ccccc2C(F)(F)F)nc1[N+](=O)[O-]. The number of alkyl halides is 3. The number of hydrogen-bond donors (Lipinski definition) is 1. The highest BCUT2D eigenvalue weighted by Gasteiger charge is 2.34. The predicted molar refractivity (Wildman–Crippen MR) is 65.7 cm³/mol. The fraction of sp³-hybridized carbons (Fsp3) is 0.0833. The first-order valence-corrected chi connectivity index (χ1v) is 5.38. The number of halogens is 3. The second kappa shape index (κ2) is 4.80. The molecule has 0 unspecified atom stereocenters. The van der Waals surface area contributed by atoms with Gasteiger partial charge in [-0.25, -0.2) is 0 Å². The van der Waals surface area contributed by atoms with E-state index in [-0.39, 0.29) is 16.9 Å². The number of rotatable bonds is 2. The summed E-state index contributed by atoms with van der Waals surface area (Å²) in [6.45, 7) is 0. The van der Waals surface area contributed by atoms with Crippen molar-refractivity contribution in [2.45, 2.75) is 6.18 Å². The second-order valence-corrected chi connectivity index (χ2v) is 3.91. The second-order valence-electron chi connectivity index (χ2n) is 3.91. The Morgan fingerprint density at radius 1 is 1.15 bits per heavy atom. The van der Waals surface area contributed by atoms with Crippen molar-refractivity contribution in [3.63, 3.8) is 0 Å². The summed E-state index contributed by atoms with van der Waals surface area (Å²) in [5.74, 6) is -0.667. The molecule has 0 aliphatic heterocycles. The molecule has 5 nitrogen and oxygen atoms in total. The first-order chi connectivity index (χ1) is 9.30. The van der Waals surface area contributed by atoms with E-state index in [1.54, 1.807) is 0 Å². The van der Waals surface area contributed by atoms with Crippen LogP contribution >= 0.6 is 0 Å². The summed E-state index contributed by atoms with van der Waals surface area (Å²) >= 11 is 0. The minimum Gasteiger partial charge on any atom is -0.392 e. The zero-order valence-electron chi connectivity index (χ0n) is 9.89. The van der Waals surface area contributed by atoms with Gasteiger partial charge in [0.2, 0.25) is 0 Å². The number of nitro groups is 1. The Morgan fingerprint density at radius 3 is 2.40 bits per heavy atom. The number of aromatic nitrogens is 1. The maximum absolute atomic E-state index is 12.9. The van der Waals surface area contributed by atoms with Crippen molar-refractivity contribution in [1.29, 1.82) is 0 Å². The van der Waals surface area contributed by atoms with Gasteiger partial charge in [0.25, 0.3) is 0 Å². The highest BCUT2D eigenvalue weighted by molar-refractivity contribution is 5.68. The molecule has 8 heteroatoms. The van der Waals surface area contributed by atoms with Gasteiger partial charge in [-0.05, 0) is 34.2 Å². The molecule has 0 atom stereocenters. The maximum atomic E-state index is 12.9. The molecule has 104 valence electrons. The molecule has 20 heavy (non-hydrogen) atoms. The third-order valence-electron chi connectivity index (χ3n) is 2.59. The van der Waals surface area contributed by atoms with Gasteiger partial charge < -0.3 is 15.8 Å². The molecule has 2 N–H and O–H groups in total. The van der Waals surface area contributed by atoms with Crippen molar-refractivity contribution in [2.24, 2.45) is 0 Å². The monoisotopic (exact) mass is 283 g/mol. The number of hydrogen-bond acceptors (Lipinski definition) is 4. The van der Waals surface area contributed by atoms with Gasteiger partial charge in [0.15, 0.2) is 5.69 Å². The molecule has 1 aromatic heterocycles. The molecule has 0 aliphatic rings. The van der Waals surface area contributed by atoms with E-state index >= 15 is 0 Å². The van der Waals surface area contributed by atoms with Crippen LogP contribution in [0, 0.1) is 10.1 Å². The van der Waals surface area contributed by atoms with E-state index in [9.17, 15) is 23.3 Å². The molecular formula is C12H8F3N3O2. The van der Waals surface area contributed by atoms with Gasteiger partial charge >= 0.3 is 12.0 Å². The minimum absolute atomic E-state index is 0.154. The van der Waals surface area contributed by atoms with Crippen LogP contribution in [0.4, 0.5) is 24.7 Å². The molecule has 1 aromatic carbocycles. The van der Waals surface area contributed by atoms with Crippen molar-refractivity contribution in [3.05, 3.63) is 52.1 Å². The molecular weight excluding hydrogens is 275 g/mol. The highest BCUT2D eigenvalue weighted by Crippen LogP contribution is 2.37. The Kier molecular flexibility index (Phi) is 3.31. The van der Waals surface area contributed by atoms with E-state index in [1.165, 1.54) is 24.3 Å². The normalized spacial score (nSPS) is 11.3. The number of nitrogen functional groups attached to an aromatic ring is 1. The van der Waals surface area contributed by atoms with Crippen molar-refractivity contribution >= 4 is 11.5 Å². The van der Waals surface area contributed by atoms with E-state index in [0.29, 0.717) is 0 Å². The van der Waals surface area contributed by atoms with Gasteiger partial charge in [0.05, 0.1) is 5.56 Å².